The number of pyridine rings is 1. The molecule has 0 bridgehead atoms. The van der Waals surface area contributed by atoms with Crippen LogP contribution in [0.3, 0.4) is 0 Å². The average Bonchev–Trinajstić information content (AvgIpc) is 3.29. The summed E-state index contributed by atoms with van der Waals surface area (Å²) in [4.78, 5) is 31.0. The van der Waals surface area contributed by atoms with E-state index in [0.717, 1.165) is 16.3 Å². The molecule has 3 heterocycles. The summed E-state index contributed by atoms with van der Waals surface area (Å²) in [5.74, 6) is -0.788. The van der Waals surface area contributed by atoms with Gasteiger partial charge in [-0.25, -0.2) is 9.78 Å². The van der Waals surface area contributed by atoms with E-state index in [1.807, 2.05) is 61.9 Å². The van der Waals surface area contributed by atoms with Crippen molar-refractivity contribution in [3.63, 3.8) is 0 Å². The van der Waals surface area contributed by atoms with Crippen molar-refractivity contribution in [2.75, 3.05) is 6.61 Å². The number of fused-ring (bicyclic) bond motifs is 1. The van der Waals surface area contributed by atoms with Gasteiger partial charge in [-0.05, 0) is 44.2 Å². The SMILES string of the molecule is Cc1cc(C(=O)COC(=O)c2cc(-c3ccc(Cl)s3)nc3ccccc23)c(C)n1C. The molecule has 0 N–H and O–H groups in total. The number of para-hydroxylation sites is 1. The zero-order chi connectivity index (χ0) is 21.4. The van der Waals surface area contributed by atoms with Gasteiger partial charge in [-0.15, -0.1) is 11.3 Å². The Labute approximate surface area is 182 Å². The maximum atomic E-state index is 12.9. The Kier molecular flexibility index (Phi) is 5.45. The molecular formula is C23H19ClN2O3S. The fourth-order valence-corrected chi connectivity index (χ4v) is 4.35. The largest absolute Gasteiger partial charge is 0.454 e. The smallest absolute Gasteiger partial charge is 0.339 e. The van der Waals surface area contributed by atoms with Crippen molar-refractivity contribution in [3.05, 3.63) is 75.4 Å². The summed E-state index contributed by atoms with van der Waals surface area (Å²) in [6, 6.07) is 14.5. The van der Waals surface area contributed by atoms with Crippen LogP contribution >= 0.6 is 22.9 Å². The number of carbonyl (C=O) groups is 2. The van der Waals surface area contributed by atoms with E-state index in [1.54, 1.807) is 12.1 Å². The summed E-state index contributed by atoms with van der Waals surface area (Å²) >= 11 is 7.44. The fourth-order valence-electron chi connectivity index (χ4n) is 3.35. The normalized spacial score (nSPS) is 11.1. The van der Waals surface area contributed by atoms with Gasteiger partial charge in [0, 0.05) is 29.4 Å². The summed E-state index contributed by atoms with van der Waals surface area (Å²) in [5.41, 5.74) is 4.07. The summed E-state index contributed by atoms with van der Waals surface area (Å²) in [7, 11) is 1.90. The molecule has 4 aromatic rings. The average molecular weight is 439 g/mol. The number of halogens is 1. The molecule has 5 nitrogen and oxygen atoms in total. The number of ketones is 1. The van der Waals surface area contributed by atoms with E-state index < -0.39 is 5.97 Å². The second kappa shape index (κ2) is 8.05. The van der Waals surface area contributed by atoms with Crippen molar-refractivity contribution < 1.29 is 14.3 Å². The molecule has 3 aromatic heterocycles. The lowest BCUT2D eigenvalue weighted by atomic mass is 10.1. The summed E-state index contributed by atoms with van der Waals surface area (Å²) in [5, 5.41) is 0.674. The molecule has 0 saturated heterocycles. The molecule has 0 radical (unpaired) electrons. The van der Waals surface area contributed by atoms with E-state index in [0.29, 0.717) is 32.1 Å². The zero-order valence-electron chi connectivity index (χ0n) is 16.7. The monoisotopic (exact) mass is 438 g/mol. The highest BCUT2D eigenvalue weighted by atomic mass is 35.5. The number of hydrogen-bond acceptors (Lipinski definition) is 5. The van der Waals surface area contributed by atoms with Crippen LogP contribution in [0.2, 0.25) is 4.34 Å². The lowest BCUT2D eigenvalue weighted by molar-refractivity contribution is 0.0476. The molecule has 0 saturated carbocycles. The minimum atomic E-state index is -0.559. The number of benzene rings is 1. The molecule has 0 spiro atoms. The number of hydrogen-bond donors (Lipinski definition) is 0. The Balaban J connectivity index is 1.64. The third-order valence-electron chi connectivity index (χ3n) is 5.17. The molecule has 0 aliphatic rings. The molecule has 30 heavy (non-hydrogen) atoms. The summed E-state index contributed by atoms with van der Waals surface area (Å²) < 4.78 is 7.98. The number of aromatic nitrogens is 2. The predicted molar refractivity (Wildman–Crippen MR) is 120 cm³/mol. The van der Waals surface area contributed by atoms with Crippen LogP contribution in [0.5, 0.6) is 0 Å². The van der Waals surface area contributed by atoms with Gasteiger partial charge in [-0.1, -0.05) is 29.8 Å². The van der Waals surface area contributed by atoms with Gasteiger partial charge in [0.25, 0.3) is 0 Å². The third-order valence-corrected chi connectivity index (χ3v) is 6.43. The quantitative estimate of drug-likeness (QED) is 0.300. The number of nitrogens with zero attached hydrogens (tertiary/aromatic N) is 2. The zero-order valence-corrected chi connectivity index (χ0v) is 18.3. The third kappa shape index (κ3) is 3.76. The Morgan fingerprint density at radius 2 is 1.87 bits per heavy atom. The van der Waals surface area contributed by atoms with E-state index in [4.69, 9.17) is 16.3 Å². The first-order valence-electron chi connectivity index (χ1n) is 9.34. The van der Waals surface area contributed by atoms with Gasteiger partial charge in [0.1, 0.15) is 0 Å². The number of carbonyl (C=O) groups excluding carboxylic acids is 2. The van der Waals surface area contributed by atoms with Gasteiger partial charge in [0.2, 0.25) is 5.78 Å². The molecule has 0 amide bonds. The topological polar surface area (TPSA) is 61.2 Å². The highest BCUT2D eigenvalue weighted by molar-refractivity contribution is 7.19. The molecule has 0 fully saturated rings. The maximum Gasteiger partial charge on any atom is 0.339 e. The standard InChI is InChI=1S/C23H19ClN2O3S/c1-13-10-16(14(2)26(13)3)20(27)12-29-23(28)17-11-19(21-8-9-22(24)30-21)25-18-7-5-4-6-15(17)18/h4-11H,12H2,1-3H3. The van der Waals surface area contributed by atoms with Crippen LogP contribution in [0.1, 0.15) is 32.1 Å². The molecule has 0 aliphatic carbocycles. The van der Waals surface area contributed by atoms with E-state index in [1.165, 1.54) is 11.3 Å². The molecular weight excluding hydrogens is 420 g/mol. The van der Waals surface area contributed by atoms with Gasteiger partial charge < -0.3 is 9.30 Å². The number of esters is 1. The lowest BCUT2D eigenvalue weighted by Crippen LogP contribution is -2.15. The highest BCUT2D eigenvalue weighted by Crippen LogP contribution is 2.32. The molecule has 4 rings (SSSR count). The molecule has 0 atom stereocenters. The first kappa shape index (κ1) is 20.3. The minimum Gasteiger partial charge on any atom is -0.454 e. The van der Waals surface area contributed by atoms with Crippen LogP contribution in [-0.2, 0) is 11.8 Å². The van der Waals surface area contributed by atoms with Crippen LogP contribution in [0.15, 0.2) is 48.5 Å². The summed E-state index contributed by atoms with van der Waals surface area (Å²) in [6.07, 6.45) is 0. The van der Waals surface area contributed by atoms with Crippen LogP contribution in [-0.4, -0.2) is 27.9 Å². The highest BCUT2D eigenvalue weighted by Gasteiger charge is 2.19. The van der Waals surface area contributed by atoms with E-state index >= 15 is 0 Å². The van der Waals surface area contributed by atoms with Crippen LogP contribution in [0.25, 0.3) is 21.5 Å². The van der Waals surface area contributed by atoms with Crippen molar-refractivity contribution in [2.24, 2.45) is 7.05 Å². The Morgan fingerprint density at radius 1 is 1.10 bits per heavy atom. The lowest BCUT2D eigenvalue weighted by Gasteiger charge is -2.09. The predicted octanol–water partition coefficient (Wildman–Crippen LogP) is 5.61. The summed E-state index contributed by atoms with van der Waals surface area (Å²) in [6.45, 7) is 3.48. The van der Waals surface area contributed by atoms with Crippen molar-refractivity contribution in [1.82, 2.24) is 9.55 Å². The first-order chi connectivity index (χ1) is 14.3. The number of rotatable bonds is 5. The van der Waals surface area contributed by atoms with Gasteiger partial charge in [0.15, 0.2) is 6.61 Å². The van der Waals surface area contributed by atoms with Crippen molar-refractivity contribution in [3.8, 4) is 10.6 Å². The van der Waals surface area contributed by atoms with Crippen molar-refractivity contribution >= 4 is 45.6 Å². The van der Waals surface area contributed by atoms with Gasteiger partial charge in [0.05, 0.1) is 26.0 Å². The number of aryl methyl sites for hydroxylation is 1. The molecule has 0 aliphatic heterocycles. The van der Waals surface area contributed by atoms with Crippen LogP contribution in [0, 0.1) is 13.8 Å². The van der Waals surface area contributed by atoms with Gasteiger partial charge >= 0.3 is 5.97 Å². The van der Waals surface area contributed by atoms with Crippen LogP contribution < -0.4 is 0 Å². The second-order valence-corrected chi connectivity index (χ2v) is 8.73. The Bertz CT molecular complexity index is 1290. The van der Waals surface area contributed by atoms with E-state index in [-0.39, 0.29) is 12.4 Å². The van der Waals surface area contributed by atoms with Gasteiger partial charge in [-0.2, -0.15) is 0 Å². The van der Waals surface area contributed by atoms with E-state index in [2.05, 4.69) is 4.98 Å². The first-order valence-corrected chi connectivity index (χ1v) is 10.5. The Morgan fingerprint density at radius 3 is 2.53 bits per heavy atom. The fraction of sp³-hybridized carbons (Fsp3) is 0.174. The van der Waals surface area contributed by atoms with Crippen molar-refractivity contribution in [2.45, 2.75) is 13.8 Å². The van der Waals surface area contributed by atoms with Gasteiger partial charge in [-0.3, -0.25) is 4.79 Å². The molecule has 7 heteroatoms. The Hall–Kier alpha value is -2.96. The second-order valence-electron chi connectivity index (χ2n) is 7.02. The molecule has 1 aromatic carbocycles. The number of thiophene rings is 1. The van der Waals surface area contributed by atoms with E-state index in [9.17, 15) is 9.59 Å². The minimum absolute atomic E-state index is 0.229. The number of ether oxygens (including phenoxy) is 1. The maximum absolute atomic E-state index is 12.9. The molecule has 152 valence electrons. The van der Waals surface area contributed by atoms with Crippen LogP contribution in [0.4, 0.5) is 0 Å². The number of Topliss-reactive ketones (excluding diaryl/α,β-unsaturated/α-hetero) is 1. The molecule has 0 unspecified atom stereocenters. The van der Waals surface area contributed by atoms with Crippen molar-refractivity contribution in [1.29, 1.82) is 0 Å².